The Balaban J connectivity index is 1.78. The fraction of sp³-hybridized carbons (Fsp3) is 0.278. The molecule has 0 radical (unpaired) electrons. The first-order valence-electron chi connectivity index (χ1n) is 7.72. The number of hydrogen-bond donors (Lipinski definition) is 1. The summed E-state index contributed by atoms with van der Waals surface area (Å²) in [5.74, 6) is 0.938. The SMILES string of the molecule is Cc1ccc(-c2nc3ccc(Br)cc3[nH]2)cc1N1CCCC1. The molecule has 1 N–H and O–H groups in total. The lowest BCUT2D eigenvalue weighted by molar-refractivity contribution is 0.949. The second-order valence-corrected chi connectivity index (χ2v) is 6.86. The largest absolute Gasteiger partial charge is 0.371 e. The van der Waals surface area contributed by atoms with E-state index in [2.05, 4.69) is 57.0 Å². The highest BCUT2D eigenvalue weighted by Crippen LogP contribution is 2.30. The van der Waals surface area contributed by atoms with Crippen LogP contribution in [-0.2, 0) is 0 Å². The number of H-pyrrole nitrogens is 1. The summed E-state index contributed by atoms with van der Waals surface area (Å²) in [5, 5.41) is 0. The molecular weight excluding hydrogens is 338 g/mol. The summed E-state index contributed by atoms with van der Waals surface area (Å²) in [4.78, 5) is 10.6. The minimum Gasteiger partial charge on any atom is -0.371 e. The van der Waals surface area contributed by atoms with Crippen molar-refractivity contribution in [2.75, 3.05) is 18.0 Å². The van der Waals surface area contributed by atoms with Crippen LogP contribution in [0.5, 0.6) is 0 Å². The van der Waals surface area contributed by atoms with Crippen LogP contribution in [0.3, 0.4) is 0 Å². The fourth-order valence-corrected chi connectivity index (χ4v) is 3.54. The predicted octanol–water partition coefficient (Wildman–Crippen LogP) is 4.90. The lowest BCUT2D eigenvalue weighted by atomic mass is 10.1. The molecule has 0 unspecified atom stereocenters. The van der Waals surface area contributed by atoms with Crippen LogP contribution >= 0.6 is 15.9 Å². The number of aromatic amines is 1. The molecular formula is C18H18BrN3. The van der Waals surface area contributed by atoms with Crippen LogP contribution in [0.1, 0.15) is 18.4 Å². The Kier molecular flexibility index (Phi) is 3.41. The van der Waals surface area contributed by atoms with Crippen LogP contribution in [0.4, 0.5) is 5.69 Å². The second-order valence-electron chi connectivity index (χ2n) is 5.94. The maximum absolute atomic E-state index is 4.73. The number of aryl methyl sites for hydroxylation is 1. The van der Waals surface area contributed by atoms with Gasteiger partial charge in [-0.1, -0.05) is 28.1 Å². The molecule has 0 amide bonds. The molecule has 0 spiro atoms. The molecule has 2 aromatic carbocycles. The summed E-state index contributed by atoms with van der Waals surface area (Å²) in [5.41, 5.74) is 5.90. The van der Waals surface area contributed by atoms with Gasteiger partial charge in [0, 0.05) is 28.8 Å². The molecule has 0 aliphatic carbocycles. The fourth-order valence-electron chi connectivity index (χ4n) is 3.17. The van der Waals surface area contributed by atoms with Gasteiger partial charge in [0.05, 0.1) is 11.0 Å². The van der Waals surface area contributed by atoms with Gasteiger partial charge in [0.25, 0.3) is 0 Å². The standard InChI is InChI=1S/C18H18BrN3/c1-12-4-5-13(10-17(12)22-8-2-3-9-22)18-20-15-7-6-14(19)11-16(15)21-18/h4-7,10-11H,2-3,8-9H2,1H3,(H,20,21). The third kappa shape index (κ3) is 2.41. The molecule has 22 heavy (non-hydrogen) atoms. The molecule has 1 aliphatic rings. The van der Waals surface area contributed by atoms with Gasteiger partial charge in [0.1, 0.15) is 5.82 Å². The molecule has 0 atom stereocenters. The van der Waals surface area contributed by atoms with Crippen LogP contribution in [0.2, 0.25) is 0 Å². The van der Waals surface area contributed by atoms with Crippen molar-refractivity contribution in [1.29, 1.82) is 0 Å². The number of aromatic nitrogens is 2. The number of halogens is 1. The number of anilines is 1. The molecule has 1 saturated heterocycles. The zero-order chi connectivity index (χ0) is 15.1. The predicted molar refractivity (Wildman–Crippen MR) is 95.4 cm³/mol. The minimum absolute atomic E-state index is 0.938. The van der Waals surface area contributed by atoms with Crippen molar-refractivity contribution < 1.29 is 0 Å². The van der Waals surface area contributed by atoms with Crippen LogP contribution in [-0.4, -0.2) is 23.1 Å². The Morgan fingerprint density at radius 2 is 1.91 bits per heavy atom. The van der Waals surface area contributed by atoms with Gasteiger partial charge in [-0.3, -0.25) is 0 Å². The Hall–Kier alpha value is -1.81. The van der Waals surface area contributed by atoms with E-state index in [9.17, 15) is 0 Å². The summed E-state index contributed by atoms with van der Waals surface area (Å²) in [6.45, 7) is 4.52. The van der Waals surface area contributed by atoms with Crippen LogP contribution < -0.4 is 4.90 Å². The average molecular weight is 356 g/mol. The van der Waals surface area contributed by atoms with E-state index in [1.165, 1.54) is 24.1 Å². The number of benzene rings is 2. The minimum atomic E-state index is 0.938. The van der Waals surface area contributed by atoms with Gasteiger partial charge in [-0.25, -0.2) is 4.98 Å². The molecule has 4 heteroatoms. The Morgan fingerprint density at radius 3 is 2.73 bits per heavy atom. The number of hydrogen-bond acceptors (Lipinski definition) is 2. The van der Waals surface area contributed by atoms with Crippen molar-refractivity contribution in [2.24, 2.45) is 0 Å². The molecule has 1 fully saturated rings. The van der Waals surface area contributed by atoms with Crippen molar-refractivity contribution in [3.63, 3.8) is 0 Å². The van der Waals surface area contributed by atoms with E-state index < -0.39 is 0 Å². The number of fused-ring (bicyclic) bond motifs is 1. The molecule has 1 aliphatic heterocycles. The molecule has 1 aromatic heterocycles. The monoisotopic (exact) mass is 355 g/mol. The van der Waals surface area contributed by atoms with Gasteiger partial charge in [0.15, 0.2) is 0 Å². The highest BCUT2D eigenvalue weighted by Gasteiger charge is 2.16. The number of rotatable bonds is 2. The highest BCUT2D eigenvalue weighted by molar-refractivity contribution is 9.10. The summed E-state index contributed by atoms with van der Waals surface area (Å²) < 4.78 is 1.07. The van der Waals surface area contributed by atoms with Crippen LogP contribution in [0, 0.1) is 6.92 Å². The third-order valence-electron chi connectivity index (χ3n) is 4.37. The van der Waals surface area contributed by atoms with Crippen LogP contribution in [0.15, 0.2) is 40.9 Å². The maximum Gasteiger partial charge on any atom is 0.138 e. The van der Waals surface area contributed by atoms with Crippen molar-refractivity contribution in [2.45, 2.75) is 19.8 Å². The van der Waals surface area contributed by atoms with Gasteiger partial charge in [0.2, 0.25) is 0 Å². The molecule has 0 bridgehead atoms. The summed E-state index contributed by atoms with van der Waals surface area (Å²) in [7, 11) is 0. The first kappa shape index (κ1) is 13.8. The van der Waals surface area contributed by atoms with E-state index in [0.717, 1.165) is 40.0 Å². The molecule has 0 saturated carbocycles. The highest BCUT2D eigenvalue weighted by atomic mass is 79.9. The topological polar surface area (TPSA) is 31.9 Å². The van der Waals surface area contributed by atoms with E-state index in [4.69, 9.17) is 4.98 Å². The summed E-state index contributed by atoms with van der Waals surface area (Å²) >= 11 is 3.51. The second kappa shape index (κ2) is 5.43. The summed E-state index contributed by atoms with van der Waals surface area (Å²) in [6.07, 6.45) is 2.59. The van der Waals surface area contributed by atoms with Crippen molar-refractivity contribution >= 4 is 32.7 Å². The quantitative estimate of drug-likeness (QED) is 0.708. The normalized spacial score (nSPS) is 14.9. The lowest BCUT2D eigenvalue weighted by Gasteiger charge is -2.20. The lowest BCUT2D eigenvalue weighted by Crippen LogP contribution is -2.18. The van der Waals surface area contributed by atoms with Crippen molar-refractivity contribution in [1.82, 2.24) is 9.97 Å². The first-order chi connectivity index (χ1) is 10.7. The maximum atomic E-state index is 4.73. The average Bonchev–Trinajstić information content (AvgIpc) is 3.16. The zero-order valence-electron chi connectivity index (χ0n) is 12.6. The summed E-state index contributed by atoms with van der Waals surface area (Å²) in [6, 6.07) is 12.8. The van der Waals surface area contributed by atoms with Crippen LogP contribution in [0.25, 0.3) is 22.4 Å². The van der Waals surface area contributed by atoms with Gasteiger partial charge in [-0.15, -0.1) is 0 Å². The smallest absolute Gasteiger partial charge is 0.138 e. The Morgan fingerprint density at radius 1 is 1.09 bits per heavy atom. The van der Waals surface area contributed by atoms with E-state index in [1.54, 1.807) is 0 Å². The molecule has 3 nitrogen and oxygen atoms in total. The first-order valence-corrected chi connectivity index (χ1v) is 8.51. The van der Waals surface area contributed by atoms with Gasteiger partial charge in [-0.2, -0.15) is 0 Å². The van der Waals surface area contributed by atoms with Gasteiger partial charge in [-0.05, 0) is 49.6 Å². The molecule has 3 aromatic rings. The van der Waals surface area contributed by atoms with Crippen molar-refractivity contribution in [3.8, 4) is 11.4 Å². The zero-order valence-corrected chi connectivity index (χ0v) is 14.2. The van der Waals surface area contributed by atoms with E-state index >= 15 is 0 Å². The number of nitrogens with zero attached hydrogens (tertiary/aromatic N) is 2. The molecule has 4 rings (SSSR count). The van der Waals surface area contributed by atoms with E-state index in [-0.39, 0.29) is 0 Å². The molecule has 2 heterocycles. The number of nitrogens with one attached hydrogen (secondary N) is 1. The van der Waals surface area contributed by atoms with E-state index in [0.29, 0.717) is 0 Å². The van der Waals surface area contributed by atoms with Gasteiger partial charge >= 0.3 is 0 Å². The Bertz CT molecular complexity index is 831. The molecule has 112 valence electrons. The number of imidazole rings is 1. The van der Waals surface area contributed by atoms with Crippen molar-refractivity contribution in [3.05, 3.63) is 46.4 Å². The van der Waals surface area contributed by atoms with E-state index in [1.807, 2.05) is 12.1 Å². The third-order valence-corrected chi connectivity index (χ3v) is 4.87. The Labute approximate surface area is 138 Å². The van der Waals surface area contributed by atoms with Gasteiger partial charge < -0.3 is 9.88 Å².